The first kappa shape index (κ1) is 66.7. The molecule has 4 atom stereocenters. The molecule has 10 bridgehead atoms. The van der Waals surface area contributed by atoms with Crippen molar-refractivity contribution in [3.63, 3.8) is 0 Å². The number of aryl methyl sites for hydroxylation is 1. The van der Waals surface area contributed by atoms with Gasteiger partial charge in [-0.25, -0.2) is 39.7 Å². The molecule has 1 fully saturated rings. The van der Waals surface area contributed by atoms with Gasteiger partial charge in [0.2, 0.25) is 17.7 Å². The van der Waals surface area contributed by atoms with Crippen LogP contribution in [-0.2, 0) is 37.1 Å². The third-order valence-corrected chi connectivity index (χ3v) is 22.2. The molecule has 8 heterocycles. The Balaban J connectivity index is 0.988. The van der Waals surface area contributed by atoms with E-state index >= 15 is 0 Å². The van der Waals surface area contributed by atoms with Crippen molar-refractivity contribution in [2.45, 2.75) is 103 Å². The standard InChI is InChI=1S/C65H64N12O11S6/c1-31(2)40-22-46(78)52-33(4)93-61(75-52)42(23-49(79)66-5)69-55(81)44-28-89-57(71-44)39-20-21-41(59-73-48(30-92-59)77(25-34-12-14-37(15-13-34)64(84)85)63(83)36-16-18-38(19-17-36)65(86)87)68-53(39)43-27-90-60(70-43)45-29-91-62(72-45)51(32(3)35-10-8-7-9-11-35)74-50(80)24-67-56(82)54-47(26-88-6)94-58(40)76-54/h7-15,20-21,27-32,36,38,40,42,51H,16-19,22-26H2,1-6H3,(H,66,79)(H,67,82)(H,69,81)(H,74,80)(H,84,85)(H,86,87)/t32-,36?,38?,40?,42-,51-/m0/s1. The van der Waals surface area contributed by atoms with Gasteiger partial charge in [-0.3, -0.25) is 38.5 Å². The lowest BCUT2D eigenvalue weighted by Crippen LogP contribution is -2.40. The second-order valence-electron chi connectivity index (χ2n) is 23.1. The molecule has 11 rings (SSSR count). The van der Waals surface area contributed by atoms with Gasteiger partial charge in [0.1, 0.15) is 65.0 Å². The first-order valence-electron chi connectivity index (χ1n) is 30.1. The number of benzene rings is 2. The van der Waals surface area contributed by atoms with Gasteiger partial charge in [0.25, 0.3) is 11.8 Å². The fourth-order valence-corrected chi connectivity index (χ4v) is 16.9. The minimum absolute atomic E-state index is 0.0262. The molecule has 1 aliphatic heterocycles. The fraction of sp³-hybridized carbons (Fsp3) is 0.338. The molecule has 0 saturated heterocycles. The molecule has 29 heteroatoms. The monoisotopic (exact) mass is 1380 g/mol. The topological polar surface area (TPSA) is 328 Å². The molecule has 23 nitrogen and oxygen atoms in total. The highest BCUT2D eigenvalue weighted by Crippen LogP contribution is 2.42. The third kappa shape index (κ3) is 14.9. The number of pyridine rings is 1. The molecule has 1 saturated carbocycles. The zero-order valence-electron chi connectivity index (χ0n) is 51.7. The van der Waals surface area contributed by atoms with E-state index in [2.05, 4.69) is 21.3 Å². The number of carboxylic acids is 2. The number of nitrogens with one attached hydrogen (secondary N) is 4. The number of thiazole rings is 6. The van der Waals surface area contributed by atoms with Crippen LogP contribution in [0.25, 0.3) is 43.4 Å². The van der Waals surface area contributed by atoms with Crippen LogP contribution in [0, 0.1) is 24.7 Å². The highest BCUT2D eigenvalue weighted by atomic mass is 32.1. The second kappa shape index (κ2) is 29.3. The maximum absolute atomic E-state index is 14.6. The minimum Gasteiger partial charge on any atom is -0.481 e. The minimum atomic E-state index is -1.09. The van der Waals surface area contributed by atoms with Gasteiger partial charge in [-0.2, -0.15) is 0 Å². The average Bonchev–Trinajstić information content (AvgIpc) is 1.60. The van der Waals surface area contributed by atoms with Crippen molar-refractivity contribution in [2.24, 2.45) is 17.8 Å². The number of hydrogen-bond acceptors (Lipinski definition) is 22. The van der Waals surface area contributed by atoms with E-state index in [1.807, 2.05) is 61.9 Å². The number of amides is 5. The Hall–Kier alpha value is -8.71. The van der Waals surface area contributed by atoms with Gasteiger partial charge in [0, 0.05) is 70.3 Å². The summed E-state index contributed by atoms with van der Waals surface area (Å²) in [5, 5.41) is 40.6. The number of methoxy groups -OCH3 is 1. The van der Waals surface area contributed by atoms with Crippen LogP contribution >= 0.6 is 68.0 Å². The van der Waals surface area contributed by atoms with Crippen molar-refractivity contribution in [3.05, 3.63) is 147 Å². The smallest absolute Gasteiger partial charge is 0.335 e. The molecule has 0 spiro atoms. The number of carbonyl (C=O) groups is 8. The summed E-state index contributed by atoms with van der Waals surface area (Å²) in [4.78, 5) is 146. The second-order valence-corrected chi connectivity index (χ2v) is 28.9. The van der Waals surface area contributed by atoms with E-state index in [0.29, 0.717) is 105 Å². The summed E-state index contributed by atoms with van der Waals surface area (Å²) in [6.07, 6.45) is 1.18. The first-order chi connectivity index (χ1) is 45.2. The molecule has 9 aromatic rings. The van der Waals surface area contributed by atoms with E-state index in [4.69, 9.17) is 39.6 Å². The van der Waals surface area contributed by atoms with E-state index < -0.39 is 71.9 Å². The van der Waals surface area contributed by atoms with Crippen LogP contribution in [0.15, 0.2) is 88.3 Å². The van der Waals surface area contributed by atoms with E-state index in [0.717, 1.165) is 5.56 Å². The number of aromatic carboxylic acids is 1. The number of nitrogens with zero attached hydrogens (tertiary/aromatic N) is 8. The highest BCUT2D eigenvalue weighted by Gasteiger charge is 2.36. The Morgan fingerprint density at radius 2 is 1.36 bits per heavy atom. The Kier molecular flexibility index (Phi) is 20.8. The van der Waals surface area contributed by atoms with Gasteiger partial charge >= 0.3 is 11.9 Å². The largest absolute Gasteiger partial charge is 0.481 e. The zero-order chi connectivity index (χ0) is 66.5. The molecule has 6 N–H and O–H groups in total. The van der Waals surface area contributed by atoms with E-state index in [-0.39, 0.29) is 72.2 Å². The summed E-state index contributed by atoms with van der Waals surface area (Å²) < 4.78 is 5.51. The maximum Gasteiger partial charge on any atom is 0.335 e. The summed E-state index contributed by atoms with van der Waals surface area (Å²) in [6.45, 7) is 7.34. The van der Waals surface area contributed by atoms with Crippen molar-refractivity contribution in [1.29, 1.82) is 0 Å². The van der Waals surface area contributed by atoms with E-state index in [1.165, 1.54) is 94.3 Å². The van der Waals surface area contributed by atoms with Crippen molar-refractivity contribution in [2.75, 3.05) is 25.6 Å². The van der Waals surface area contributed by atoms with Gasteiger partial charge in [0.15, 0.2) is 5.78 Å². The number of carbonyl (C=O) groups excluding carboxylic acids is 6. The number of fused-ring (bicyclic) bond motifs is 14. The molecule has 0 radical (unpaired) electrons. The van der Waals surface area contributed by atoms with Gasteiger partial charge in [0.05, 0.1) is 65.3 Å². The van der Waals surface area contributed by atoms with Crippen LogP contribution in [0.5, 0.6) is 0 Å². The Morgan fingerprint density at radius 1 is 0.681 bits per heavy atom. The van der Waals surface area contributed by atoms with Gasteiger partial charge in [-0.05, 0) is 73.9 Å². The van der Waals surface area contributed by atoms with Gasteiger partial charge < -0.3 is 36.2 Å². The number of anilines is 1. The normalized spacial score (nSPS) is 18.4. The zero-order valence-corrected chi connectivity index (χ0v) is 56.6. The Labute approximate surface area is 563 Å². The molecule has 1 unspecified atom stereocenters. The molecular formula is C65H64N12O11S6. The molecule has 2 aromatic carbocycles. The molecular weight excluding hydrogens is 1320 g/mol. The lowest BCUT2D eigenvalue weighted by molar-refractivity contribution is -0.144. The van der Waals surface area contributed by atoms with Crippen molar-refractivity contribution >= 4 is 121 Å². The lowest BCUT2D eigenvalue weighted by Gasteiger charge is -2.30. The van der Waals surface area contributed by atoms with Gasteiger partial charge in [-0.1, -0.05) is 63.2 Å². The van der Waals surface area contributed by atoms with Crippen molar-refractivity contribution < 1.29 is 53.3 Å². The predicted molar refractivity (Wildman–Crippen MR) is 360 cm³/mol. The molecule has 94 heavy (non-hydrogen) atoms. The molecule has 1 aliphatic carbocycles. The lowest BCUT2D eigenvalue weighted by atomic mass is 9.81. The molecule has 5 amide bonds. The number of carboxylic acid groups (broad SMARTS) is 2. The Bertz CT molecular complexity index is 4320. The first-order valence-corrected chi connectivity index (χ1v) is 35.2. The van der Waals surface area contributed by atoms with Crippen molar-refractivity contribution in [3.8, 4) is 43.4 Å². The van der Waals surface area contributed by atoms with Crippen LogP contribution < -0.4 is 26.2 Å². The number of rotatable bonds is 14. The molecule has 2 aliphatic rings. The number of aliphatic carboxylic acids is 1. The van der Waals surface area contributed by atoms with Crippen LogP contribution in [-0.4, -0.2) is 113 Å². The predicted octanol–water partition coefficient (Wildman–Crippen LogP) is 11.4. The van der Waals surface area contributed by atoms with E-state index in [9.17, 15) is 48.6 Å². The van der Waals surface area contributed by atoms with Crippen molar-refractivity contribution in [1.82, 2.24) is 56.2 Å². The third-order valence-electron chi connectivity index (χ3n) is 16.5. The highest BCUT2D eigenvalue weighted by molar-refractivity contribution is 7.15. The Morgan fingerprint density at radius 3 is 2.07 bits per heavy atom. The molecule has 7 aromatic heterocycles. The van der Waals surface area contributed by atoms with Crippen LogP contribution in [0.1, 0.15) is 161 Å². The maximum atomic E-state index is 14.6. The number of ether oxygens (including phenoxy) is 1. The quantitative estimate of drug-likeness (QED) is 0.0589. The number of hydrogen-bond donors (Lipinski definition) is 6. The number of Topliss-reactive ketones (excluding diaryl/α,β-unsaturated/α-hetero) is 1. The summed E-state index contributed by atoms with van der Waals surface area (Å²) in [5.74, 6) is -6.24. The number of aromatic nitrogens is 7. The summed E-state index contributed by atoms with van der Waals surface area (Å²) in [5.41, 5.74) is 4.13. The van der Waals surface area contributed by atoms with Crippen LogP contribution in [0.2, 0.25) is 0 Å². The van der Waals surface area contributed by atoms with Crippen LogP contribution in [0.4, 0.5) is 5.82 Å². The summed E-state index contributed by atoms with van der Waals surface area (Å²) in [7, 11) is 2.98. The summed E-state index contributed by atoms with van der Waals surface area (Å²) in [6, 6.07) is 17.8. The van der Waals surface area contributed by atoms with Crippen LogP contribution in [0.3, 0.4) is 0 Å². The average molecular weight is 1380 g/mol. The SMILES string of the molecule is CNC(=O)C[C@@H]1NC(=O)c2csc(n2)-c2ccc(-c3nc(N(Cc4ccc(C(=O)O)cc4)C(=O)C4CCC(C(=O)O)CC4)cs3)nc2-c2csc(n2)-c2csc(n2)[C@H]([C@@H](C)c2ccccc2)NC(=O)CNC(=O)c2nc(sc2COC)C(C(C)C)CC(=O)c2nc1sc2C. The van der Waals surface area contributed by atoms with Gasteiger partial charge in [-0.15, -0.1) is 68.0 Å². The summed E-state index contributed by atoms with van der Waals surface area (Å²) >= 11 is 7.50. The fourth-order valence-electron chi connectivity index (χ4n) is 11.2. The number of ketones is 1. The molecule has 486 valence electrons. The van der Waals surface area contributed by atoms with E-state index in [1.54, 1.807) is 46.8 Å².